The molecule has 0 radical (unpaired) electrons. The fourth-order valence-corrected chi connectivity index (χ4v) is 3.71. The number of piperidine rings is 1. The van der Waals surface area contributed by atoms with E-state index in [4.69, 9.17) is 0 Å². The van der Waals surface area contributed by atoms with Crippen molar-refractivity contribution >= 4 is 17.5 Å². The smallest absolute Gasteiger partial charge is 0.323 e. The number of H-pyrrole nitrogens is 2. The summed E-state index contributed by atoms with van der Waals surface area (Å²) in [6.45, 7) is 1.34. The normalized spacial score (nSPS) is 17.8. The van der Waals surface area contributed by atoms with Gasteiger partial charge in [-0.1, -0.05) is 0 Å². The summed E-state index contributed by atoms with van der Waals surface area (Å²) in [4.78, 5) is 43.8. The van der Waals surface area contributed by atoms with Gasteiger partial charge >= 0.3 is 5.69 Å². The van der Waals surface area contributed by atoms with Gasteiger partial charge in [0.1, 0.15) is 23.7 Å². The van der Waals surface area contributed by atoms with E-state index in [0.717, 1.165) is 24.5 Å². The predicted octanol–water partition coefficient (Wildman–Crippen LogP) is 0.833. The number of imidazole rings is 1. The van der Waals surface area contributed by atoms with Crippen LogP contribution in [0, 0.1) is 0 Å². The van der Waals surface area contributed by atoms with Crippen LogP contribution >= 0.6 is 0 Å². The molecule has 1 amide bonds. The molecule has 0 aromatic carbocycles. The van der Waals surface area contributed by atoms with Crippen LogP contribution in [0.5, 0.6) is 0 Å². The molecule has 2 fully saturated rings. The molecule has 27 heavy (non-hydrogen) atoms. The topological polar surface area (TPSA) is 101 Å². The van der Waals surface area contributed by atoms with Gasteiger partial charge in [0.15, 0.2) is 0 Å². The maximum Gasteiger partial charge on any atom is 0.323 e. The number of carbonyl (C=O) groups is 1. The first-order valence-electron chi connectivity index (χ1n) is 9.37. The summed E-state index contributed by atoms with van der Waals surface area (Å²) in [7, 11) is 3.95. The van der Waals surface area contributed by atoms with Crippen LogP contribution in [-0.2, 0) is 0 Å². The molecule has 3 heterocycles. The molecular weight excluding hydrogens is 346 g/mol. The average Bonchev–Trinajstić information content (AvgIpc) is 3.41. The molecule has 2 N–H and O–H groups in total. The third kappa shape index (κ3) is 3.67. The van der Waals surface area contributed by atoms with E-state index in [1.807, 2.05) is 30.0 Å². The van der Waals surface area contributed by atoms with E-state index in [9.17, 15) is 9.59 Å². The first-order valence-corrected chi connectivity index (χ1v) is 9.37. The Morgan fingerprint density at radius 1 is 1.11 bits per heavy atom. The number of nitrogens with one attached hydrogen (secondary N) is 2. The van der Waals surface area contributed by atoms with Crippen LogP contribution in [-0.4, -0.2) is 70.0 Å². The van der Waals surface area contributed by atoms with Gasteiger partial charge in [0.2, 0.25) is 0 Å². The summed E-state index contributed by atoms with van der Waals surface area (Å²) in [5.41, 5.74) is -0.0301. The van der Waals surface area contributed by atoms with E-state index in [0.29, 0.717) is 30.9 Å². The number of hydrogen-bond donors (Lipinski definition) is 2. The van der Waals surface area contributed by atoms with Crippen molar-refractivity contribution in [2.45, 2.75) is 37.8 Å². The summed E-state index contributed by atoms with van der Waals surface area (Å²) >= 11 is 0. The lowest BCUT2D eigenvalue weighted by atomic mass is 10.0. The van der Waals surface area contributed by atoms with Gasteiger partial charge in [0.05, 0.1) is 0 Å². The van der Waals surface area contributed by atoms with Crippen molar-refractivity contribution in [3.8, 4) is 0 Å². The highest BCUT2D eigenvalue weighted by molar-refractivity contribution is 5.92. The van der Waals surface area contributed by atoms with Gasteiger partial charge in [0, 0.05) is 51.5 Å². The largest absolute Gasteiger partial charge is 0.363 e. The highest BCUT2D eigenvalue weighted by Gasteiger charge is 2.37. The van der Waals surface area contributed by atoms with Gasteiger partial charge in [0.25, 0.3) is 5.91 Å². The Morgan fingerprint density at radius 3 is 2.37 bits per heavy atom. The molecule has 1 aliphatic heterocycles. The average molecular weight is 371 g/mol. The number of aromatic nitrogens is 4. The highest BCUT2D eigenvalue weighted by Crippen LogP contribution is 2.36. The monoisotopic (exact) mass is 371 g/mol. The third-order valence-electron chi connectivity index (χ3n) is 5.27. The Morgan fingerprint density at radius 2 is 1.78 bits per heavy atom. The Labute approximate surface area is 157 Å². The minimum absolute atomic E-state index is 0.123. The number of rotatable bonds is 5. The molecule has 1 saturated heterocycles. The number of hydrogen-bond acceptors (Lipinski definition) is 6. The molecule has 9 heteroatoms. The Kier molecular flexibility index (Phi) is 4.59. The minimum Gasteiger partial charge on any atom is -0.363 e. The lowest BCUT2D eigenvalue weighted by Crippen LogP contribution is -2.48. The number of aromatic amines is 2. The molecule has 0 unspecified atom stereocenters. The molecule has 0 spiro atoms. The SMILES string of the molecule is CN(C)c1cc(N(C2CC2)C2CCN(C(=O)c3c[nH]c(=O)[nH]3)CC2)ncn1. The molecule has 1 aliphatic carbocycles. The van der Waals surface area contributed by atoms with Gasteiger partial charge in [-0.15, -0.1) is 0 Å². The van der Waals surface area contributed by atoms with Crippen LogP contribution in [0.2, 0.25) is 0 Å². The summed E-state index contributed by atoms with van der Waals surface area (Å²) in [6, 6.07) is 2.93. The number of nitrogens with zero attached hydrogens (tertiary/aromatic N) is 5. The summed E-state index contributed by atoms with van der Waals surface area (Å²) in [6.07, 6.45) is 7.21. The second-order valence-corrected chi connectivity index (χ2v) is 7.45. The van der Waals surface area contributed by atoms with E-state index in [1.54, 1.807) is 6.33 Å². The number of anilines is 2. The fourth-order valence-electron chi connectivity index (χ4n) is 3.71. The Bertz CT molecular complexity index is 862. The van der Waals surface area contributed by atoms with Gasteiger partial charge in [-0.2, -0.15) is 0 Å². The first-order chi connectivity index (χ1) is 13.0. The third-order valence-corrected chi connectivity index (χ3v) is 5.27. The second-order valence-electron chi connectivity index (χ2n) is 7.45. The molecule has 144 valence electrons. The van der Waals surface area contributed by atoms with Crippen LogP contribution in [0.4, 0.5) is 11.6 Å². The lowest BCUT2D eigenvalue weighted by molar-refractivity contribution is 0.0706. The Balaban J connectivity index is 1.46. The van der Waals surface area contributed by atoms with E-state index in [2.05, 4.69) is 24.8 Å². The standard InChI is InChI=1S/C18H25N7O2/c1-23(2)15-9-16(21-11-20-15)25(12-3-4-12)13-5-7-24(8-6-13)17(26)14-10-19-18(27)22-14/h9-13H,3-8H2,1-2H3,(H2,19,22,27). The zero-order valence-electron chi connectivity index (χ0n) is 15.7. The Hall–Kier alpha value is -2.84. The fraction of sp³-hybridized carbons (Fsp3) is 0.556. The predicted molar refractivity (Wildman–Crippen MR) is 102 cm³/mol. The van der Waals surface area contributed by atoms with E-state index < -0.39 is 0 Å². The molecule has 2 aromatic rings. The summed E-state index contributed by atoms with van der Waals surface area (Å²) in [5.74, 6) is 1.74. The maximum atomic E-state index is 12.5. The van der Waals surface area contributed by atoms with Crippen molar-refractivity contribution < 1.29 is 4.79 Å². The van der Waals surface area contributed by atoms with Crippen molar-refractivity contribution in [1.82, 2.24) is 24.8 Å². The van der Waals surface area contributed by atoms with E-state index in [-0.39, 0.29) is 11.6 Å². The van der Waals surface area contributed by atoms with Crippen molar-refractivity contribution in [1.29, 1.82) is 0 Å². The van der Waals surface area contributed by atoms with Crippen molar-refractivity contribution in [2.24, 2.45) is 0 Å². The van der Waals surface area contributed by atoms with Crippen LogP contribution < -0.4 is 15.5 Å². The summed E-state index contributed by atoms with van der Waals surface area (Å²) < 4.78 is 0. The van der Waals surface area contributed by atoms with Crippen LogP contribution in [0.3, 0.4) is 0 Å². The molecule has 4 rings (SSSR count). The van der Waals surface area contributed by atoms with Gasteiger partial charge in [-0.05, 0) is 25.7 Å². The van der Waals surface area contributed by atoms with Gasteiger partial charge in [-0.3, -0.25) is 4.79 Å². The van der Waals surface area contributed by atoms with Crippen molar-refractivity contribution in [3.05, 3.63) is 34.8 Å². The number of amides is 1. The van der Waals surface area contributed by atoms with E-state index in [1.165, 1.54) is 19.0 Å². The molecule has 0 bridgehead atoms. The molecule has 0 atom stereocenters. The number of carbonyl (C=O) groups excluding carboxylic acids is 1. The molecule has 2 aliphatic rings. The zero-order valence-corrected chi connectivity index (χ0v) is 15.7. The highest BCUT2D eigenvalue weighted by atomic mass is 16.2. The number of likely N-dealkylation sites (tertiary alicyclic amines) is 1. The molecule has 9 nitrogen and oxygen atoms in total. The van der Waals surface area contributed by atoms with Crippen LogP contribution in [0.15, 0.2) is 23.4 Å². The van der Waals surface area contributed by atoms with Gasteiger partial charge < -0.3 is 24.7 Å². The quantitative estimate of drug-likeness (QED) is 0.807. The summed E-state index contributed by atoms with van der Waals surface area (Å²) in [5, 5.41) is 0. The molecular formula is C18H25N7O2. The zero-order chi connectivity index (χ0) is 19.0. The minimum atomic E-state index is -0.353. The molecule has 1 saturated carbocycles. The molecule has 2 aromatic heterocycles. The van der Waals surface area contributed by atoms with Crippen LogP contribution in [0.1, 0.15) is 36.2 Å². The van der Waals surface area contributed by atoms with Crippen molar-refractivity contribution in [3.63, 3.8) is 0 Å². The van der Waals surface area contributed by atoms with Crippen molar-refractivity contribution in [2.75, 3.05) is 37.0 Å². The van der Waals surface area contributed by atoms with Crippen LogP contribution in [0.25, 0.3) is 0 Å². The second kappa shape index (κ2) is 7.05. The van der Waals surface area contributed by atoms with Gasteiger partial charge in [-0.25, -0.2) is 14.8 Å². The first kappa shape index (κ1) is 17.6. The lowest BCUT2D eigenvalue weighted by Gasteiger charge is -2.39. The van der Waals surface area contributed by atoms with E-state index >= 15 is 0 Å². The maximum absolute atomic E-state index is 12.5.